The second kappa shape index (κ2) is 11.7. The lowest BCUT2D eigenvalue weighted by Gasteiger charge is -2.10. The predicted molar refractivity (Wildman–Crippen MR) is 144 cm³/mol. The predicted octanol–water partition coefficient (Wildman–Crippen LogP) is 2.76. The van der Waals surface area contributed by atoms with Crippen LogP contribution < -0.4 is 15.4 Å². The number of benzene rings is 1. The third-order valence-electron chi connectivity index (χ3n) is 6.09. The van der Waals surface area contributed by atoms with E-state index in [4.69, 9.17) is 14.3 Å². The zero-order valence-electron chi connectivity index (χ0n) is 20.9. The number of nitrogens with zero attached hydrogens (tertiary/aromatic N) is 3. The summed E-state index contributed by atoms with van der Waals surface area (Å²) in [6.45, 7) is 2.34. The van der Waals surface area contributed by atoms with E-state index in [0.717, 1.165) is 13.0 Å². The molecule has 202 valence electrons. The molecule has 1 saturated carbocycles. The number of thiazole rings is 1. The molecular weight excluding hydrogens is 530 g/mol. The highest BCUT2D eigenvalue weighted by Crippen LogP contribution is 2.33. The number of oxime groups is 1. The standard InChI is InChI=1S/C25H29N5O6S2/c1-26-12-2-13-35-21-10-9-20-24(28-21)37-25(27-20)29-23(31)22(30-36-17-11-14-34-15-17)16-3-5-18(6-4-16)38(32,33)19-7-8-19/h3-6,9-10,17,19,26H,2,7-8,11-15H2,1H3,(H,27,29,31)/b30-22+/t17-/m1/s1. The van der Waals surface area contributed by atoms with Crippen LogP contribution in [0.4, 0.5) is 5.13 Å². The maximum atomic E-state index is 13.3. The molecule has 1 amide bonds. The van der Waals surface area contributed by atoms with Gasteiger partial charge in [-0.15, -0.1) is 0 Å². The average Bonchev–Trinajstić information content (AvgIpc) is 3.52. The molecule has 1 atom stereocenters. The molecule has 2 fully saturated rings. The molecule has 3 heterocycles. The van der Waals surface area contributed by atoms with E-state index in [1.807, 2.05) is 7.05 Å². The van der Waals surface area contributed by atoms with Crippen molar-refractivity contribution in [3.63, 3.8) is 0 Å². The number of anilines is 1. The van der Waals surface area contributed by atoms with E-state index in [0.29, 0.717) is 66.0 Å². The number of fused-ring (bicyclic) bond motifs is 1. The van der Waals surface area contributed by atoms with Gasteiger partial charge in [0, 0.05) is 18.1 Å². The zero-order valence-corrected chi connectivity index (χ0v) is 22.5. The van der Waals surface area contributed by atoms with Gasteiger partial charge in [0.05, 0.1) is 30.0 Å². The van der Waals surface area contributed by atoms with Crippen molar-refractivity contribution in [3.05, 3.63) is 42.0 Å². The molecule has 2 N–H and O–H groups in total. The lowest BCUT2D eigenvalue weighted by Crippen LogP contribution is -2.25. The third-order valence-corrected chi connectivity index (χ3v) is 9.25. The van der Waals surface area contributed by atoms with E-state index >= 15 is 0 Å². The Morgan fingerprint density at radius 2 is 1.97 bits per heavy atom. The SMILES string of the molecule is CNCCCOc1ccc2nc(NC(=O)/C(=N/O[C@@H]3CCOC3)c3ccc(S(=O)(=O)C4CC4)cc3)sc2n1. The van der Waals surface area contributed by atoms with Crippen molar-refractivity contribution in [2.75, 3.05) is 38.7 Å². The van der Waals surface area contributed by atoms with E-state index in [-0.39, 0.29) is 22.0 Å². The van der Waals surface area contributed by atoms with Crippen LogP contribution in [-0.4, -0.2) is 74.8 Å². The van der Waals surface area contributed by atoms with Crippen LogP contribution in [0.1, 0.15) is 31.2 Å². The normalized spacial score (nSPS) is 18.0. The van der Waals surface area contributed by atoms with Gasteiger partial charge in [-0.05, 0) is 51.1 Å². The first-order valence-electron chi connectivity index (χ1n) is 12.5. The van der Waals surface area contributed by atoms with Crippen molar-refractivity contribution in [3.8, 4) is 5.88 Å². The van der Waals surface area contributed by atoms with Crippen LogP contribution in [0, 0.1) is 0 Å². The molecule has 0 bridgehead atoms. The fourth-order valence-electron chi connectivity index (χ4n) is 3.84. The molecule has 2 aliphatic rings. The Kier molecular flexibility index (Phi) is 8.17. The van der Waals surface area contributed by atoms with E-state index in [9.17, 15) is 13.2 Å². The molecule has 3 aromatic rings. The topological polar surface area (TPSA) is 141 Å². The Balaban J connectivity index is 1.33. The van der Waals surface area contributed by atoms with Crippen LogP contribution in [0.2, 0.25) is 0 Å². The first kappa shape index (κ1) is 26.5. The molecule has 1 aliphatic heterocycles. The van der Waals surface area contributed by atoms with Crippen LogP contribution in [-0.2, 0) is 24.2 Å². The molecule has 0 unspecified atom stereocenters. The number of aromatic nitrogens is 2. The number of hydrogen-bond donors (Lipinski definition) is 2. The molecule has 13 heteroatoms. The summed E-state index contributed by atoms with van der Waals surface area (Å²) in [4.78, 5) is 28.7. The highest BCUT2D eigenvalue weighted by Gasteiger charge is 2.36. The highest BCUT2D eigenvalue weighted by atomic mass is 32.2. The van der Waals surface area contributed by atoms with E-state index in [1.165, 1.54) is 23.5 Å². The summed E-state index contributed by atoms with van der Waals surface area (Å²) in [6, 6.07) is 9.68. The van der Waals surface area contributed by atoms with Gasteiger partial charge >= 0.3 is 0 Å². The van der Waals surface area contributed by atoms with Crippen LogP contribution in [0.5, 0.6) is 5.88 Å². The minimum absolute atomic E-state index is 0.00745. The van der Waals surface area contributed by atoms with Gasteiger partial charge in [-0.2, -0.15) is 0 Å². The second-order valence-electron chi connectivity index (χ2n) is 9.05. The number of carbonyl (C=O) groups excluding carboxylic acids is 1. The Labute approximate surface area is 224 Å². The first-order valence-corrected chi connectivity index (χ1v) is 14.8. The Hall–Kier alpha value is -3.13. The summed E-state index contributed by atoms with van der Waals surface area (Å²) in [7, 11) is -1.46. The van der Waals surface area contributed by atoms with Crippen LogP contribution in [0.25, 0.3) is 10.3 Å². The summed E-state index contributed by atoms with van der Waals surface area (Å²) in [5, 5.41) is 10.0. The lowest BCUT2D eigenvalue weighted by molar-refractivity contribution is -0.110. The molecule has 1 aliphatic carbocycles. The number of carbonyl (C=O) groups is 1. The van der Waals surface area contributed by atoms with Crippen molar-refractivity contribution in [2.24, 2.45) is 5.16 Å². The number of rotatable bonds is 12. The van der Waals surface area contributed by atoms with Gasteiger partial charge in [0.15, 0.2) is 26.8 Å². The summed E-state index contributed by atoms with van der Waals surface area (Å²) < 4.78 is 36.2. The molecule has 38 heavy (non-hydrogen) atoms. The second-order valence-corrected chi connectivity index (χ2v) is 12.3. The minimum atomic E-state index is -3.35. The molecule has 2 aromatic heterocycles. The Bertz CT molecular complexity index is 1410. The van der Waals surface area contributed by atoms with Gasteiger partial charge in [0.1, 0.15) is 10.3 Å². The zero-order chi connectivity index (χ0) is 26.5. The Morgan fingerprint density at radius 1 is 1.16 bits per heavy atom. The van der Waals surface area contributed by atoms with E-state index in [2.05, 4.69) is 25.8 Å². The van der Waals surface area contributed by atoms with Crippen molar-refractivity contribution in [1.29, 1.82) is 0 Å². The number of ether oxygens (including phenoxy) is 2. The number of sulfone groups is 1. The fourth-order valence-corrected chi connectivity index (χ4v) is 6.32. The number of pyridine rings is 1. The number of nitrogens with one attached hydrogen (secondary N) is 2. The van der Waals surface area contributed by atoms with Crippen LogP contribution >= 0.6 is 11.3 Å². The maximum Gasteiger partial charge on any atom is 0.280 e. The summed E-state index contributed by atoms with van der Waals surface area (Å²) in [6.07, 6.45) is 2.62. The van der Waals surface area contributed by atoms with Gasteiger partial charge in [0.2, 0.25) is 5.88 Å². The quantitative estimate of drug-likeness (QED) is 0.195. The maximum absolute atomic E-state index is 13.3. The largest absolute Gasteiger partial charge is 0.478 e. The minimum Gasteiger partial charge on any atom is -0.478 e. The van der Waals surface area contributed by atoms with Gasteiger partial charge < -0.3 is 19.6 Å². The summed E-state index contributed by atoms with van der Waals surface area (Å²) in [5.41, 5.74) is 1.06. The van der Waals surface area contributed by atoms with E-state index < -0.39 is 15.7 Å². The first-order chi connectivity index (χ1) is 18.4. The number of hydrogen-bond acceptors (Lipinski definition) is 11. The smallest absolute Gasteiger partial charge is 0.280 e. The van der Waals surface area contributed by atoms with Gasteiger partial charge in [-0.3, -0.25) is 10.1 Å². The molecular formula is C25H29N5O6S2. The van der Waals surface area contributed by atoms with Gasteiger partial charge in [-0.1, -0.05) is 28.6 Å². The summed E-state index contributed by atoms with van der Waals surface area (Å²) in [5.74, 6) is -0.0462. The fraction of sp³-hybridized carbons (Fsp3) is 0.440. The number of amides is 1. The third kappa shape index (κ3) is 6.29. The van der Waals surface area contributed by atoms with Crippen LogP contribution in [0.3, 0.4) is 0 Å². The monoisotopic (exact) mass is 559 g/mol. The molecule has 11 nitrogen and oxygen atoms in total. The molecule has 0 radical (unpaired) electrons. The van der Waals surface area contributed by atoms with Gasteiger partial charge in [0.25, 0.3) is 5.91 Å². The average molecular weight is 560 g/mol. The van der Waals surface area contributed by atoms with Gasteiger partial charge in [-0.25, -0.2) is 18.4 Å². The van der Waals surface area contributed by atoms with E-state index in [1.54, 1.807) is 24.3 Å². The lowest BCUT2D eigenvalue weighted by atomic mass is 10.1. The van der Waals surface area contributed by atoms with Crippen molar-refractivity contribution in [2.45, 2.75) is 41.9 Å². The van der Waals surface area contributed by atoms with Crippen molar-refractivity contribution in [1.82, 2.24) is 15.3 Å². The summed E-state index contributed by atoms with van der Waals surface area (Å²) >= 11 is 1.21. The van der Waals surface area contributed by atoms with Crippen molar-refractivity contribution < 1.29 is 27.5 Å². The molecule has 0 spiro atoms. The molecule has 1 saturated heterocycles. The van der Waals surface area contributed by atoms with Crippen LogP contribution in [0.15, 0.2) is 46.4 Å². The molecule has 1 aromatic carbocycles. The Morgan fingerprint density at radius 3 is 2.68 bits per heavy atom. The highest BCUT2D eigenvalue weighted by molar-refractivity contribution is 7.92. The molecule has 5 rings (SSSR count). The van der Waals surface area contributed by atoms with Crippen molar-refractivity contribution >= 4 is 48.3 Å².